The SMILES string of the molecule is CCOC(=O)C(C(C)=O)=C(O)CF. The Morgan fingerprint density at radius 1 is 1.46 bits per heavy atom. The summed E-state index contributed by atoms with van der Waals surface area (Å²) in [6.45, 7) is 1.41. The summed E-state index contributed by atoms with van der Waals surface area (Å²) in [6.07, 6.45) is 0. The van der Waals surface area contributed by atoms with Crippen LogP contribution in [-0.2, 0) is 14.3 Å². The minimum absolute atomic E-state index is 0.0647. The zero-order valence-electron chi connectivity index (χ0n) is 7.46. The number of carbonyl (C=O) groups excluding carboxylic acids is 2. The fourth-order valence-electron chi connectivity index (χ4n) is 0.735. The van der Waals surface area contributed by atoms with E-state index in [2.05, 4.69) is 4.74 Å². The predicted molar refractivity (Wildman–Crippen MR) is 42.9 cm³/mol. The molecule has 0 heterocycles. The van der Waals surface area contributed by atoms with Gasteiger partial charge in [0.2, 0.25) is 0 Å². The number of aliphatic hydroxyl groups is 1. The van der Waals surface area contributed by atoms with E-state index in [1.807, 2.05) is 0 Å². The molecule has 0 radical (unpaired) electrons. The fourth-order valence-corrected chi connectivity index (χ4v) is 0.735. The molecule has 0 fully saturated rings. The summed E-state index contributed by atoms with van der Waals surface area (Å²) in [6, 6.07) is 0. The highest BCUT2D eigenvalue weighted by Crippen LogP contribution is 2.06. The number of ether oxygens (including phenoxy) is 1. The molecule has 0 saturated carbocycles. The van der Waals surface area contributed by atoms with Crippen LogP contribution in [0.5, 0.6) is 0 Å². The normalized spacial score (nSPS) is 11.9. The molecule has 0 bridgehead atoms. The lowest BCUT2D eigenvalue weighted by atomic mass is 10.1. The molecule has 0 aliphatic heterocycles. The minimum atomic E-state index is -1.26. The number of hydrogen-bond donors (Lipinski definition) is 1. The second-order valence-corrected chi connectivity index (χ2v) is 2.23. The lowest BCUT2D eigenvalue weighted by Crippen LogP contribution is -2.16. The van der Waals surface area contributed by atoms with Crippen molar-refractivity contribution in [3.05, 3.63) is 11.3 Å². The van der Waals surface area contributed by atoms with Crippen molar-refractivity contribution >= 4 is 11.8 Å². The van der Waals surface area contributed by atoms with E-state index >= 15 is 0 Å². The summed E-state index contributed by atoms with van der Waals surface area (Å²) in [5, 5.41) is 8.87. The summed E-state index contributed by atoms with van der Waals surface area (Å²) in [5.41, 5.74) is -0.621. The molecule has 74 valence electrons. The number of rotatable bonds is 4. The van der Waals surface area contributed by atoms with Gasteiger partial charge in [-0.3, -0.25) is 4.79 Å². The predicted octanol–water partition coefficient (Wildman–Crippen LogP) is 0.920. The van der Waals surface area contributed by atoms with Gasteiger partial charge < -0.3 is 9.84 Å². The second-order valence-electron chi connectivity index (χ2n) is 2.23. The first-order chi connectivity index (χ1) is 6.04. The smallest absolute Gasteiger partial charge is 0.345 e. The molecule has 0 aromatic rings. The quantitative estimate of drug-likeness (QED) is 0.235. The van der Waals surface area contributed by atoms with Gasteiger partial charge in [0.1, 0.15) is 18.0 Å². The number of hydrogen-bond acceptors (Lipinski definition) is 4. The number of ketones is 1. The Kier molecular flexibility index (Phi) is 4.72. The molecule has 0 amide bonds. The highest BCUT2D eigenvalue weighted by Gasteiger charge is 2.20. The fraction of sp³-hybridized carbons (Fsp3) is 0.500. The Labute approximate surface area is 75.0 Å². The van der Waals surface area contributed by atoms with Crippen molar-refractivity contribution < 1.29 is 23.8 Å². The third-order valence-electron chi connectivity index (χ3n) is 1.25. The zero-order valence-corrected chi connectivity index (χ0v) is 7.46. The van der Waals surface area contributed by atoms with Crippen LogP contribution < -0.4 is 0 Å². The molecule has 0 atom stereocenters. The highest BCUT2D eigenvalue weighted by atomic mass is 19.1. The highest BCUT2D eigenvalue weighted by molar-refractivity contribution is 6.16. The average Bonchev–Trinajstić information content (AvgIpc) is 2.04. The van der Waals surface area contributed by atoms with Crippen molar-refractivity contribution in [1.82, 2.24) is 0 Å². The molecule has 0 spiro atoms. The van der Waals surface area contributed by atoms with Gasteiger partial charge in [0.25, 0.3) is 0 Å². The van der Waals surface area contributed by atoms with Gasteiger partial charge in [-0.15, -0.1) is 0 Å². The molecular formula is C8H11FO4. The Morgan fingerprint density at radius 3 is 2.31 bits per heavy atom. The zero-order chi connectivity index (χ0) is 10.4. The molecule has 0 rings (SSSR count). The number of esters is 1. The molecule has 0 aliphatic carbocycles. The molecule has 0 aliphatic rings. The third kappa shape index (κ3) is 3.23. The standard InChI is InChI=1S/C8H11FO4/c1-3-13-8(12)7(5(2)10)6(11)4-9/h11H,3-4H2,1-2H3. The van der Waals surface area contributed by atoms with Crippen LogP contribution in [0.4, 0.5) is 4.39 Å². The summed E-state index contributed by atoms with van der Waals surface area (Å²) in [7, 11) is 0. The summed E-state index contributed by atoms with van der Waals surface area (Å²) in [5.74, 6) is -2.59. The van der Waals surface area contributed by atoms with E-state index in [0.717, 1.165) is 6.92 Å². The number of carbonyl (C=O) groups is 2. The van der Waals surface area contributed by atoms with E-state index in [9.17, 15) is 14.0 Å². The number of alkyl halides is 1. The molecule has 0 saturated heterocycles. The van der Waals surface area contributed by atoms with Gasteiger partial charge in [-0.05, 0) is 13.8 Å². The maximum absolute atomic E-state index is 11.9. The van der Waals surface area contributed by atoms with Gasteiger partial charge in [-0.2, -0.15) is 0 Å². The van der Waals surface area contributed by atoms with E-state index in [0.29, 0.717) is 0 Å². The maximum atomic E-state index is 11.9. The molecule has 1 N–H and O–H groups in total. The first-order valence-corrected chi connectivity index (χ1v) is 3.70. The number of allylic oxidation sites excluding steroid dienone is 1. The monoisotopic (exact) mass is 190 g/mol. The Balaban J connectivity index is 4.82. The molecule has 0 aromatic heterocycles. The lowest BCUT2D eigenvalue weighted by molar-refractivity contribution is -0.140. The van der Waals surface area contributed by atoms with Gasteiger partial charge in [-0.25, -0.2) is 9.18 Å². The Hall–Kier alpha value is -1.39. The summed E-state index contributed by atoms with van der Waals surface area (Å²) >= 11 is 0. The first kappa shape index (κ1) is 11.6. The van der Waals surface area contributed by atoms with Crippen LogP contribution in [0.3, 0.4) is 0 Å². The minimum Gasteiger partial charge on any atom is -0.508 e. The number of aliphatic hydroxyl groups excluding tert-OH is 1. The molecule has 0 aromatic carbocycles. The van der Waals surface area contributed by atoms with Crippen molar-refractivity contribution in [3.8, 4) is 0 Å². The van der Waals surface area contributed by atoms with Crippen molar-refractivity contribution in [1.29, 1.82) is 0 Å². The van der Waals surface area contributed by atoms with Gasteiger partial charge in [0.05, 0.1) is 6.61 Å². The van der Waals surface area contributed by atoms with E-state index in [-0.39, 0.29) is 6.61 Å². The van der Waals surface area contributed by atoms with Crippen molar-refractivity contribution in [2.45, 2.75) is 13.8 Å². The molecular weight excluding hydrogens is 179 g/mol. The van der Waals surface area contributed by atoms with Gasteiger partial charge in [0, 0.05) is 0 Å². The summed E-state index contributed by atoms with van der Waals surface area (Å²) < 4.78 is 16.4. The van der Waals surface area contributed by atoms with Crippen LogP contribution in [0.25, 0.3) is 0 Å². The lowest BCUT2D eigenvalue weighted by Gasteiger charge is -2.04. The Bertz CT molecular complexity index is 245. The number of Topliss-reactive ketones (excluding diaryl/α,β-unsaturated/α-hetero) is 1. The summed E-state index contributed by atoms with van der Waals surface area (Å²) in [4.78, 5) is 21.7. The van der Waals surface area contributed by atoms with E-state index in [4.69, 9.17) is 5.11 Å². The first-order valence-electron chi connectivity index (χ1n) is 3.70. The van der Waals surface area contributed by atoms with Crippen LogP contribution in [0.2, 0.25) is 0 Å². The topological polar surface area (TPSA) is 63.6 Å². The van der Waals surface area contributed by atoms with Gasteiger partial charge in [-0.1, -0.05) is 0 Å². The average molecular weight is 190 g/mol. The Morgan fingerprint density at radius 2 is 2.00 bits per heavy atom. The van der Waals surface area contributed by atoms with Crippen molar-refractivity contribution in [2.24, 2.45) is 0 Å². The van der Waals surface area contributed by atoms with Crippen LogP contribution >= 0.6 is 0 Å². The van der Waals surface area contributed by atoms with Crippen LogP contribution in [0.15, 0.2) is 11.3 Å². The van der Waals surface area contributed by atoms with E-state index in [1.54, 1.807) is 6.92 Å². The largest absolute Gasteiger partial charge is 0.508 e. The second kappa shape index (κ2) is 5.29. The van der Waals surface area contributed by atoms with Gasteiger partial charge >= 0.3 is 5.97 Å². The molecule has 13 heavy (non-hydrogen) atoms. The van der Waals surface area contributed by atoms with Crippen molar-refractivity contribution in [2.75, 3.05) is 13.3 Å². The number of halogens is 1. The maximum Gasteiger partial charge on any atom is 0.345 e. The third-order valence-corrected chi connectivity index (χ3v) is 1.25. The van der Waals surface area contributed by atoms with Crippen LogP contribution in [0, 0.1) is 0 Å². The molecule has 4 nitrogen and oxygen atoms in total. The van der Waals surface area contributed by atoms with E-state index < -0.39 is 29.8 Å². The van der Waals surface area contributed by atoms with Gasteiger partial charge in [0.15, 0.2) is 5.78 Å². The van der Waals surface area contributed by atoms with Crippen molar-refractivity contribution in [3.63, 3.8) is 0 Å². The van der Waals surface area contributed by atoms with E-state index in [1.165, 1.54) is 0 Å². The molecule has 5 heteroatoms. The van der Waals surface area contributed by atoms with Crippen LogP contribution in [-0.4, -0.2) is 30.1 Å². The van der Waals surface area contributed by atoms with Crippen LogP contribution in [0.1, 0.15) is 13.8 Å². The molecule has 0 unspecified atom stereocenters.